The first-order valence-electron chi connectivity index (χ1n) is 8.76. The lowest BCUT2D eigenvalue weighted by molar-refractivity contribution is -0.121. The fourth-order valence-corrected chi connectivity index (χ4v) is 4.62. The number of aromatic nitrogens is 2. The van der Waals surface area contributed by atoms with Gasteiger partial charge in [-0.25, -0.2) is 4.98 Å². The van der Waals surface area contributed by atoms with Crippen molar-refractivity contribution in [3.63, 3.8) is 0 Å². The number of rotatable bonds is 5. The fourth-order valence-electron chi connectivity index (χ4n) is 3.54. The van der Waals surface area contributed by atoms with Crippen molar-refractivity contribution in [1.29, 1.82) is 0 Å². The molecule has 0 aliphatic heterocycles. The molecule has 27 heavy (non-hydrogen) atoms. The highest BCUT2D eigenvalue weighted by Crippen LogP contribution is 2.37. The van der Waals surface area contributed by atoms with Gasteiger partial charge >= 0.3 is 0 Å². The summed E-state index contributed by atoms with van der Waals surface area (Å²) in [6.07, 6.45) is 0.434. The van der Waals surface area contributed by atoms with Crippen molar-refractivity contribution in [1.82, 2.24) is 9.55 Å². The number of nitrogens with zero attached hydrogens (tertiary/aromatic N) is 2. The van der Waals surface area contributed by atoms with Crippen LogP contribution in [-0.2, 0) is 4.79 Å². The van der Waals surface area contributed by atoms with Gasteiger partial charge in [0.2, 0.25) is 5.91 Å². The molecule has 1 unspecified atom stereocenters. The van der Waals surface area contributed by atoms with E-state index in [9.17, 15) is 9.59 Å². The number of fused-ring (bicyclic) bond motifs is 1. The number of hydrogen-bond acceptors (Lipinski definition) is 5. The SMILES string of the molecule is CCC(C(N)=O)n1c(C)nc2sc(C)c(-c3ccc(OC)c(C)c3)c2c1=O. The maximum absolute atomic E-state index is 13.4. The number of carbonyl (C=O) groups is 1. The predicted molar refractivity (Wildman–Crippen MR) is 109 cm³/mol. The molecule has 3 aromatic rings. The van der Waals surface area contributed by atoms with Crippen molar-refractivity contribution in [2.45, 2.75) is 40.2 Å². The summed E-state index contributed by atoms with van der Waals surface area (Å²) in [6.45, 7) is 7.51. The van der Waals surface area contributed by atoms with Gasteiger partial charge in [0.05, 0.1) is 12.5 Å². The summed E-state index contributed by atoms with van der Waals surface area (Å²) in [4.78, 5) is 31.5. The summed E-state index contributed by atoms with van der Waals surface area (Å²) in [7, 11) is 1.63. The Morgan fingerprint density at radius 2 is 2.04 bits per heavy atom. The van der Waals surface area contributed by atoms with Crippen molar-refractivity contribution >= 4 is 27.5 Å². The van der Waals surface area contributed by atoms with Crippen LogP contribution >= 0.6 is 11.3 Å². The van der Waals surface area contributed by atoms with Gasteiger partial charge in [0.15, 0.2) is 0 Å². The summed E-state index contributed by atoms with van der Waals surface area (Å²) in [5.41, 5.74) is 8.07. The first-order chi connectivity index (χ1) is 12.8. The zero-order valence-corrected chi connectivity index (χ0v) is 16.9. The highest BCUT2D eigenvalue weighted by atomic mass is 32.1. The molecule has 0 spiro atoms. The van der Waals surface area contributed by atoms with Crippen LogP contribution < -0.4 is 16.0 Å². The van der Waals surface area contributed by atoms with Crippen LogP contribution in [0.25, 0.3) is 21.3 Å². The Balaban J connectivity index is 2.35. The van der Waals surface area contributed by atoms with Crippen LogP contribution in [0.15, 0.2) is 23.0 Å². The molecule has 0 bridgehead atoms. The summed E-state index contributed by atoms with van der Waals surface area (Å²) in [6, 6.07) is 5.13. The second kappa shape index (κ2) is 7.15. The normalized spacial score (nSPS) is 12.3. The fraction of sp³-hybridized carbons (Fsp3) is 0.350. The largest absolute Gasteiger partial charge is 0.496 e. The number of aryl methyl sites for hydroxylation is 3. The third-order valence-corrected chi connectivity index (χ3v) is 5.82. The number of primary amides is 1. The van der Waals surface area contributed by atoms with Crippen LogP contribution in [-0.4, -0.2) is 22.6 Å². The summed E-state index contributed by atoms with van der Waals surface area (Å²) in [5.74, 6) is 0.761. The average molecular weight is 385 g/mol. The van der Waals surface area contributed by atoms with Gasteiger partial charge in [0, 0.05) is 10.4 Å². The van der Waals surface area contributed by atoms with E-state index in [2.05, 4.69) is 4.98 Å². The topological polar surface area (TPSA) is 87.2 Å². The Morgan fingerprint density at radius 3 is 2.59 bits per heavy atom. The molecule has 1 atom stereocenters. The molecule has 0 saturated heterocycles. The second-order valence-corrected chi connectivity index (χ2v) is 7.76. The maximum Gasteiger partial charge on any atom is 0.263 e. The number of carbonyl (C=O) groups excluding carboxylic acids is 1. The van der Waals surface area contributed by atoms with E-state index in [1.54, 1.807) is 14.0 Å². The number of benzene rings is 1. The lowest BCUT2D eigenvalue weighted by Gasteiger charge is -2.17. The molecule has 0 radical (unpaired) electrons. The molecule has 0 aliphatic carbocycles. The Morgan fingerprint density at radius 1 is 1.33 bits per heavy atom. The van der Waals surface area contributed by atoms with Crippen molar-refractivity contribution in [3.8, 4) is 16.9 Å². The highest BCUT2D eigenvalue weighted by Gasteiger charge is 2.24. The van der Waals surface area contributed by atoms with E-state index in [0.717, 1.165) is 27.3 Å². The average Bonchev–Trinajstić information content (AvgIpc) is 2.94. The molecular weight excluding hydrogens is 362 g/mol. The minimum Gasteiger partial charge on any atom is -0.496 e. The summed E-state index contributed by atoms with van der Waals surface area (Å²) >= 11 is 1.48. The van der Waals surface area contributed by atoms with Crippen LogP contribution in [0, 0.1) is 20.8 Å². The van der Waals surface area contributed by atoms with Gasteiger partial charge in [-0.1, -0.05) is 13.0 Å². The van der Waals surface area contributed by atoms with Gasteiger partial charge in [-0.2, -0.15) is 0 Å². The number of hydrogen-bond donors (Lipinski definition) is 1. The van der Waals surface area contributed by atoms with Crippen LogP contribution in [0.1, 0.15) is 35.7 Å². The van der Waals surface area contributed by atoms with Gasteiger partial charge in [-0.15, -0.1) is 11.3 Å². The van der Waals surface area contributed by atoms with E-state index in [4.69, 9.17) is 10.5 Å². The Bertz CT molecular complexity index is 1100. The smallest absolute Gasteiger partial charge is 0.263 e. The molecular formula is C20H23N3O3S. The van der Waals surface area contributed by atoms with E-state index in [1.165, 1.54) is 15.9 Å². The molecule has 7 heteroatoms. The number of ether oxygens (including phenoxy) is 1. The number of methoxy groups -OCH3 is 1. The summed E-state index contributed by atoms with van der Waals surface area (Å²) in [5, 5.41) is 0.535. The first kappa shape index (κ1) is 19.1. The molecule has 0 aliphatic rings. The van der Waals surface area contributed by atoms with E-state index < -0.39 is 11.9 Å². The third-order valence-electron chi connectivity index (χ3n) is 4.82. The maximum atomic E-state index is 13.4. The van der Waals surface area contributed by atoms with Crippen molar-refractivity contribution in [2.24, 2.45) is 5.73 Å². The predicted octanol–water partition coefficient (Wildman–Crippen LogP) is 3.50. The van der Waals surface area contributed by atoms with Crippen LogP contribution in [0.4, 0.5) is 0 Å². The van der Waals surface area contributed by atoms with Crippen LogP contribution in [0.3, 0.4) is 0 Å². The minimum atomic E-state index is -0.708. The minimum absolute atomic E-state index is 0.226. The molecule has 6 nitrogen and oxygen atoms in total. The van der Waals surface area contributed by atoms with E-state index in [-0.39, 0.29) is 5.56 Å². The molecule has 0 fully saturated rings. The zero-order chi connectivity index (χ0) is 19.9. The molecule has 2 aromatic heterocycles. The summed E-state index contributed by atoms with van der Waals surface area (Å²) < 4.78 is 6.77. The molecule has 1 amide bonds. The molecule has 142 valence electrons. The molecule has 1 aromatic carbocycles. The molecule has 0 saturated carbocycles. The second-order valence-electron chi connectivity index (χ2n) is 6.56. The molecule has 3 rings (SSSR count). The molecule has 2 N–H and O–H groups in total. The lowest BCUT2D eigenvalue weighted by Crippen LogP contribution is -2.35. The monoisotopic (exact) mass is 385 g/mol. The van der Waals surface area contributed by atoms with Crippen LogP contribution in [0.5, 0.6) is 5.75 Å². The van der Waals surface area contributed by atoms with Gasteiger partial charge in [0.1, 0.15) is 22.4 Å². The third kappa shape index (κ3) is 3.12. The quantitative estimate of drug-likeness (QED) is 0.728. The first-order valence-corrected chi connectivity index (χ1v) is 9.58. The molecule has 2 heterocycles. The van der Waals surface area contributed by atoms with Crippen molar-refractivity contribution in [3.05, 3.63) is 44.8 Å². The lowest BCUT2D eigenvalue weighted by atomic mass is 10.0. The van der Waals surface area contributed by atoms with Gasteiger partial charge in [-0.05, 0) is 50.5 Å². The van der Waals surface area contributed by atoms with E-state index in [1.807, 2.05) is 39.0 Å². The van der Waals surface area contributed by atoms with E-state index >= 15 is 0 Å². The Labute approximate surface area is 161 Å². The van der Waals surface area contributed by atoms with E-state index in [0.29, 0.717) is 22.5 Å². The Kier molecular flexibility index (Phi) is 5.06. The number of nitrogens with two attached hydrogens (primary N) is 1. The zero-order valence-electron chi connectivity index (χ0n) is 16.1. The van der Waals surface area contributed by atoms with Gasteiger partial charge in [-0.3, -0.25) is 14.2 Å². The van der Waals surface area contributed by atoms with Crippen LogP contribution in [0.2, 0.25) is 0 Å². The standard InChI is InChI=1S/C20H23N3O3S/c1-6-14(18(21)24)23-12(4)22-19-17(20(23)25)16(11(3)27-19)13-7-8-15(26-5)10(2)9-13/h7-9,14H,6H2,1-5H3,(H2,21,24). The highest BCUT2D eigenvalue weighted by molar-refractivity contribution is 7.19. The van der Waals surface area contributed by atoms with Crippen molar-refractivity contribution < 1.29 is 9.53 Å². The number of amides is 1. The number of thiophene rings is 1. The Hall–Kier alpha value is -2.67. The van der Waals surface area contributed by atoms with Gasteiger partial charge < -0.3 is 10.5 Å². The van der Waals surface area contributed by atoms with Crippen molar-refractivity contribution in [2.75, 3.05) is 7.11 Å². The van der Waals surface area contributed by atoms with Gasteiger partial charge in [0.25, 0.3) is 5.56 Å².